The molecule has 0 bridgehead atoms. The van der Waals surface area contributed by atoms with Crippen molar-refractivity contribution in [2.24, 2.45) is 0 Å². The van der Waals surface area contributed by atoms with E-state index in [1.807, 2.05) is 18.7 Å². The first-order valence-electron chi connectivity index (χ1n) is 6.92. The van der Waals surface area contributed by atoms with Crippen molar-refractivity contribution in [1.82, 2.24) is 9.55 Å². The second kappa shape index (κ2) is 7.32. The van der Waals surface area contributed by atoms with Crippen LogP contribution in [0.15, 0.2) is 18.2 Å². The molecule has 0 saturated carbocycles. The Kier molecular flexibility index (Phi) is 5.73. The van der Waals surface area contributed by atoms with Crippen LogP contribution in [0.2, 0.25) is 0 Å². The van der Waals surface area contributed by atoms with Crippen LogP contribution in [0.1, 0.15) is 37.4 Å². The summed E-state index contributed by atoms with van der Waals surface area (Å²) in [6.07, 6.45) is 5.65. The summed E-state index contributed by atoms with van der Waals surface area (Å²) < 4.78 is 15.4. The van der Waals surface area contributed by atoms with E-state index in [2.05, 4.69) is 15.8 Å². The SMILES string of the molecule is CSCCCCCn1c(C(C)Cl)nc2cc(F)ccc21. The third kappa shape index (κ3) is 3.67. The molecule has 1 aromatic carbocycles. The number of hydrogen-bond acceptors (Lipinski definition) is 2. The van der Waals surface area contributed by atoms with E-state index in [0.29, 0.717) is 5.52 Å². The van der Waals surface area contributed by atoms with E-state index in [0.717, 1.165) is 24.3 Å². The Morgan fingerprint density at radius 3 is 2.85 bits per heavy atom. The molecule has 0 aliphatic carbocycles. The number of halogens is 2. The number of alkyl halides is 1. The molecule has 1 unspecified atom stereocenters. The maximum atomic E-state index is 13.3. The summed E-state index contributed by atoms with van der Waals surface area (Å²) in [6.45, 7) is 2.80. The minimum absolute atomic E-state index is 0.170. The van der Waals surface area contributed by atoms with E-state index >= 15 is 0 Å². The number of fused-ring (bicyclic) bond motifs is 1. The molecule has 0 saturated heterocycles. The van der Waals surface area contributed by atoms with Crippen LogP contribution in [0.4, 0.5) is 4.39 Å². The standard InChI is InChI=1S/C15H20ClFN2S/c1-11(16)15-18-13-10-12(17)6-7-14(13)19(15)8-4-3-5-9-20-2/h6-7,10-11H,3-5,8-9H2,1-2H3. The average molecular weight is 315 g/mol. The van der Waals surface area contributed by atoms with Gasteiger partial charge < -0.3 is 4.57 Å². The molecule has 0 aliphatic heterocycles. The van der Waals surface area contributed by atoms with Crippen molar-refractivity contribution in [2.45, 2.75) is 38.1 Å². The summed E-state index contributed by atoms with van der Waals surface area (Å²) in [5, 5.41) is -0.170. The molecule has 2 nitrogen and oxygen atoms in total. The van der Waals surface area contributed by atoms with E-state index in [1.54, 1.807) is 6.07 Å². The van der Waals surface area contributed by atoms with Crippen LogP contribution >= 0.6 is 23.4 Å². The van der Waals surface area contributed by atoms with Gasteiger partial charge in [0.1, 0.15) is 11.6 Å². The minimum Gasteiger partial charge on any atom is -0.327 e. The summed E-state index contributed by atoms with van der Waals surface area (Å²) in [6, 6.07) is 4.75. The minimum atomic E-state index is -0.254. The van der Waals surface area contributed by atoms with Gasteiger partial charge in [-0.25, -0.2) is 9.37 Å². The molecule has 0 amide bonds. The van der Waals surface area contributed by atoms with Crippen LogP contribution < -0.4 is 0 Å². The topological polar surface area (TPSA) is 17.8 Å². The third-order valence-electron chi connectivity index (χ3n) is 3.33. The largest absolute Gasteiger partial charge is 0.327 e. The number of thioether (sulfide) groups is 1. The summed E-state index contributed by atoms with van der Waals surface area (Å²) >= 11 is 8.08. The van der Waals surface area contributed by atoms with Gasteiger partial charge in [-0.1, -0.05) is 6.42 Å². The molecule has 2 aromatic rings. The van der Waals surface area contributed by atoms with Gasteiger partial charge in [-0.15, -0.1) is 11.6 Å². The van der Waals surface area contributed by atoms with Crippen molar-refractivity contribution in [3.63, 3.8) is 0 Å². The number of nitrogens with zero attached hydrogens (tertiary/aromatic N) is 2. The molecule has 1 heterocycles. The number of aromatic nitrogens is 2. The van der Waals surface area contributed by atoms with E-state index in [9.17, 15) is 4.39 Å². The monoisotopic (exact) mass is 314 g/mol. The molecule has 1 aromatic heterocycles. The van der Waals surface area contributed by atoms with Gasteiger partial charge in [-0.3, -0.25) is 0 Å². The van der Waals surface area contributed by atoms with Crippen molar-refractivity contribution in [3.8, 4) is 0 Å². The van der Waals surface area contributed by atoms with Gasteiger partial charge in [-0.2, -0.15) is 11.8 Å². The Labute approximate surface area is 128 Å². The lowest BCUT2D eigenvalue weighted by molar-refractivity contribution is 0.593. The second-order valence-corrected chi connectivity index (χ2v) is 6.56. The number of unbranched alkanes of at least 4 members (excludes halogenated alkanes) is 2. The number of hydrogen-bond donors (Lipinski definition) is 0. The molecule has 0 spiro atoms. The zero-order valence-electron chi connectivity index (χ0n) is 11.9. The highest BCUT2D eigenvalue weighted by molar-refractivity contribution is 7.98. The van der Waals surface area contributed by atoms with Crippen LogP contribution in [0.3, 0.4) is 0 Å². The highest BCUT2D eigenvalue weighted by Gasteiger charge is 2.14. The Morgan fingerprint density at radius 2 is 2.15 bits per heavy atom. The number of imidazole rings is 1. The third-order valence-corrected chi connectivity index (χ3v) is 4.22. The maximum absolute atomic E-state index is 13.3. The quantitative estimate of drug-likeness (QED) is 0.528. The van der Waals surface area contributed by atoms with Crippen molar-refractivity contribution in [1.29, 1.82) is 0 Å². The van der Waals surface area contributed by atoms with Crippen molar-refractivity contribution >= 4 is 34.4 Å². The molecule has 1 atom stereocenters. The van der Waals surface area contributed by atoms with Gasteiger partial charge in [0.2, 0.25) is 0 Å². The fourth-order valence-electron chi connectivity index (χ4n) is 2.35. The Balaban J connectivity index is 2.18. The molecule has 0 fully saturated rings. The van der Waals surface area contributed by atoms with Gasteiger partial charge >= 0.3 is 0 Å². The summed E-state index contributed by atoms with van der Waals surface area (Å²) in [5.74, 6) is 1.78. The first-order valence-corrected chi connectivity index (χ1v) is 8.75. The van der Waals surface area contributed by atoms with E-state index < -0.39 is 0 Å². The van der Waals surface area contributed by atoms with Gasteiger partial charge in [0.25, 0.3) is 0 Å². The Morgan fingerprint density at radius 1 is 1.35 bits per heavy atom. The van der Waals surface area contributed by atoms with Crippen LogP contribution in [0, 0.1) is 5.82 Å². The first kappa shape index (κ1) is 15.6. The lowest BCUT2D eigenvalue weighted by Gasteiger charge is -2.10. The van der Waals surface area contributed by atoms with E-state index in [1.165, 1.54) is 30.7 Å². The first-order chi connectivity index (χ1) is 9.63. The number of aryl methyl sites for hydroxylation is 1. The molecule has 0 N–H and O–H groups in total. The van der Waals surface area contributed by atoms with E-state index in [4.69, 9.17) is 11.6 Å². The summed E-state index contributed by atoms with van der Waals surface area (Å²) in [7, 11) is 0. The fourth-order valence-corrected chi connectivity index (χ4v) is 3.01. The van der Waals surface area contributed by atoms with Crippen LogP contribution in [-0.2, 0) is 6.54 Å². The van der Waals surface area contributed by atoms with E-state index in [-0.39, 0.29) is 11.2 Å². The van der Waals surface area contributed by atoms with Crippen molar-refractivity contribution < 1.29 is 4.39 Å². The molecule has 0 radical (unpaired) electrons. The molecule has 5 heteroatoms. The molecular weight excluding hydrogens is 295 g/mol. The Bertz CT molecular complexity index is 568. The fraction of sp³-hybridized carbons (Fsp3) is 0.533. The predicted molar refractivity (Wildman–Crippen MR) is 86.2 cm³/mol. The van der Waals surface area contributed by atoms with Gasteiger partial charge in [0.15, 0.2) is 0 Å². The lowest BCUT2D eigenvalue weighted by Crippen LogP contribution is -2.04. The molecule has 110 valence electrons. The smallest absolute Gasteiger partial charge is 0.127 e. The normalized spacial score (nSPS) is 13.0. The zero-order chi connectivity index (χ0) is 14.5. The van der Waals surface area contributed by atoms with Gasteiger partial charge in [0.05, 0.1) is 16.4 Å². The van der Waals surface area contributed by atoms with Crippen LogP contribution in [0.5, 0.6) is 0 Å². The number of benzene rings is 1. The molecule has 0 aliphatic rings. The molecule has 2 rings (SSSR count). The van der Waals surface area contributed by atoms with Gasteiger partial charge in [0, 0.05) is 12.6 Å². The maximum Gasteiger partial charge on any atom is 0.127 e. The predicted octanol–water partition coefficient (Wildman–Crippen LogP) is 5.01. The Hall–Kier alpha value is -0.740. The summed E-state index contributed by atoms with van der Waals surface area (Å²) in [5.41, 5.74) is 1.66. The van der Waals surface area contributed by atoms with Crippen molar-refractivity contribution in [3.05, 3.63) is 29.8 Å². The summed E-state index contributed by atoms with van der Waals surface area (Å²) in [4.78, 5) is 4.47. The molecular formula is C15H20ClFN2S. The zero-order valence-corrected chi connectivity index (χ0v) is 13.5. The number of rotatable bonds is 7. The highest BCUT2D eigenvalue weighted by Crippen LogP contribution is 2.25. The average Bonchev–Trinajstić information content (AvgIpc) is 2.76. The van der Waals surface area contributed by atoms with Crippen LogP contribution in [-0.4, -0.2) is 21.6 Å². The lowest BCUT2D eigenvalue weighted by atomic mass is 10.2. The van der Waals surface area contributed by atoms with Crippen molar-refractivity contribution in [2.75, 3.05) is 12.0 Å². The van der Waals surface area contributed by atoms with Gasteiger partial charge in [-0.05, 0) is 43.9 Å². The molecule has 20 heavy (non-hydrogen) atoms. The second-order valence-electron chi connectivity index (χ2n) is 4.92. The van der Waals surface area contributed by atoms with Crippen LogP contribution in [0.25, 0.3) is 11.0 Å². The highest BCUT2D eigenvalue weighted by atomic mass is 35.5.